The number of rotatable bonds is 3. The van der Waals surface area contributed by atoms with E-state index >= 15 is 0 Å². The molecule has 2 aromatic rings. The minimum atomic E-state index is -0.496. The number of hydrogen-bond acceptors (Lipinski definition) is 2. The molecule has 2 unspecified atom stereocenters. The molecule has 2 aromatic carbocycles. The summed E-state index contributed by atoms with van der Waals surface area (Å²) in [5.74, 6) is -0.290. The number of halogens is 1. The van der Waals surface area contributed by atoms with Crippen LogP contribution in [0.1, 0.15) is 30.4 Å². The number of anilines is 1. The van der Waals surface area contributed by atoms with E-state index in [0.717, 1.165) is 23.2 Å². The minimum Gasteiger partial charge on any atom is -0.351 e. The molecule has 25 heavy (non-hydrogen) atoms. The topological polar surface area (TPSA) is 49.4 Å². The van der Waals surface area contributed by atoms with Crippen LogP contribution in [0.25, 0.3) is 0 Å². The van der Waals surface area contributed by atoms with E-state index in [4.69, 9.17) is 0 Å². The zero-order valence-corrected chi connectivity index (χ0v) is 13.9. The molecule has 1 fully saturated rings. The van der Waals surface area contributed by atoms with Crippen molar-refractivity contribution < 1.29 is 14.0 Å². The Morgan fingerprint density at radius 1 is 1.12 bits per heavy atom. The number of fused-ring (bicyclic) bond motifs is 1. The molecule has 0 aromatic heterocycles. The van der Waals surface area contributed by atoms with Gasteiger partial charge in [0.15, 0.2) is 0 Å². The second-order valence-electron chi connectivity index (χ2n) is 6.75. The molecule has 3 atom stereocenters. The maximum atomic E-state index is 13.0. The van der Waals surface area contributed by atoms with E-state index < -0.39 is 6.04 Å². The van der Waals surface area contributed by atoms with Gasteiger partial charge in [0.05, 0.1) is 0 Å². The Balaban J connectivity index is 1.45. The second kappa shape index (κ2) is 5.99. The van der Waals surface area contributed by atoms with Gasteiger partial charge in [-0.1, -0.05) is 30.3 Å². The molecule has 0 saturated heterocycles. The summed E-state index contributed by atoms with van der Waals surface area (Å²) >= 11 is 0. The fraction of sp³-hybridized carbons (Fsp3) is 0.300. The van der Waals surface area contributed by atoms with Gasteiger partial charge in [-0.25, -0.2) is 4.39 Å². The van der Waals surface area contributed by atoms with Gasteiger partial charge in [-0.05, 0) is 35.7 Å². The van der Waals surface area contributed by atoms with Crippen LogP contribution in [-0.2, 0) is 16.0 Å². The first-order chi connectivity index (χ1) is 12.0. The van der Waals surface area contributed by atoms with Crippen molar-refractivity contribution in [3.63, 3.8) is 0 Å². The third-order valence-electron chi connectivity index (χ3n) is 5.03. The van der Waals surface area contributed by atoms with Crippen LogP contribution in [0.2, 0.25) is 0 Å². The van der Waals surface area contributed by atoms with Gasteiger partial charge in [-0.2, -0.15) is 0 Å². The Hall–Kier alpha value is -2.69. The highest BCUT2D eigenvalue weighted by Crippen LogP contribution is 2.41. The van der Waals surface area contributed by atoms with Gasteiger partial charge >= 0.3 is 0 Å². The molecule has 1 heterocycles. The highest BCUT2D eigenvalue weighted by Gasteiger charge is 2.43. The summed E-state index contributed by atoms with van der Waals surface area (Å²) in [6.45, 7) is 1.49. The predicted molar refractivity (Wildman–Crippen MR) is 92.8 cm³/mol. The first-order valence-electron chi connectivity index (χ1n) is 8.48. The normalized spacial score (nSPS) is 23.9. The SMILES string of the molecule is CC(=O)N1c2ccccc2C[C@H]1C(=O)NC1CC1c1ccc(F)cc1. The van der Waals surface area contributed by atoms with Crippen molar-refractivity contribution in [3.8, 4) is 0 Å². The van der Waals surface area contributed by atoms with Crippen LogP contribution in [0.5, 0.6) is 0 Å². The van der Waals surface area contributed by atoms with E-state index in [9.17, 15) is 14.0 Å². The number of nitrogens with zero attached hydrogens (tertiary/aromatic N) is 1. The predicted octanol–water partition coefficient (Wildman–Crippen LogP) is 2.78. The van der Waals surface area contributed by atoms with Gasteiger partial charge in [0, 0.05) is 31.0 Å². The van der Waals surface area contributed by atoms with E-state index in [0.29, 0.717) is 6.42 Å². The highest BCUT2D eigenvalue weighted by molar-refractivity contribution is 6.02. The summed E-state index contributed by atoms with van der Waals surface area (Å²) in [5, 5.41) is 3.05. The molecule has 128 valence electrons. The number of amides is 2. The van der Waals surface area contributed by atoms with Crippen LogP contribution in [0.15, 0.2) is 48.5 Å². The molecule has 1 N–H and O–H groups in total. The molecule has 2 aliphatic rings. The van der Waals surface area contributed by atoms with E-state index in [1.165, 1.54) is 19.1 Å². The zero-order chi connectivity index (χ0) is 17.6. The summed E-state index contributed by atoms with van der Waals surface area (Å²) in [5.41, 5.74) is 2.87. The average Bonchev–Trinajstić information content (AvgIpc) is 3.23. The summed E-state index contributed by atoms with van der Waals surface area (Å²) in [6, 6.07) is 13.6. The van der Waals surface area contributed by atoms with Crippen molar-refractivity contribution in [1.29, 1.82) is 0 Å². The summed E-state index contributed by atoms with van der Waals surface area (Å²) in [6.07, 6.45) is 1.38. The van der Waals surface area contributed by atoms with Crippen LogP contribution in [0, 0.1) is 5.82 Å². The lowest BCUT2D eigenvalue weighted by molar-refractivity contribution is -0.125. The molecular formula is C20H19FN2O2. The first kappa shape index (κ1) is 15.8. The summed E-state index contributed by atoms with van der Waals surface area (Å²) in [4.78, 5) is 26.4. The number of carbonyl (C=O) groups excluding carboxylic acids is 2. The van der Waals surface area contributed by atoms with Gasteiger partial charge in [0.2, 0.25) is 11.8 Å². The molecule has 1 aliphatic carbocycles. The van der Waals surface area contributed by atoms with Gasteiger partial charge in [0.1, 0.15) is 11.9 Å². The maximum Gasteiger partial charge on any atom is 0.243 e. The molecule has 4 rings (SSSR count). The standard InChI is InChI=1S/C20H19FN2O2/c1-12(24)23-18-5-3-2-4-14(18)10-19(23)20(25)22-17-11-16(17)13-6-8-15(21)9-7-13/h2-9,16-17,19H,10-11H2,1H3,(H,22,25)/t16?,17?,19-/m0/s1. The molecule has 0 bridgehead atoms. The van der Waals surface area contributed by atoms with Crippen LogP contribution < -0.4 is 10.2 Å². The second-order valence-corrected chi connectivity index (χ2v) is 6.75. The molecule has 0 spiro atoms. The van der Waals surface area contributed by atoms with E-state index in [1.807, 2.05) is 24.3 Å². The van der Waals surface area contributed by atoms with Crippen LogP contribution in [0.3, 0.4) is 0 Å². The van der Waals surface area contributed by atoms with Crippen LogP contribution in [-0.4, -0.2) is 23.9 Å². The Morgan fingerprint density at radius 2 is 1.84 bits per heavy atom. The lowest BCUT2D eigenvalue weighted by Crippen LogP contribution is -2.48. The van der Waals surface area contributed by atoms with Gasteiger partial charge in [0.25, 0.3) is 0 Å². The molecule has 1 saturated carbocycles. The summed E-state index contributed by atoms with van der Waals surface area (Å²) < 4.78 is 13.0. The quantitative estimate of drug-likeness (QED) is 0.935. The molecule has 2 amide bonds. The number of para-hydroxylation sites is 1. The maximum absolute atomic E-state index is 13.0. The van der Waals surface area contributed by atoms with Gasteiger partial charge < -0.3 is 5.32 Å². The number of carbonyl (C=O) groups is 2. The molecule has 4 nitrogen and oxygen atoms in total. The van der Waals surface area contributed by atoms with E-state index in [-0.39, 0.29) is 29.6 Å². The number of benzene rings is 2. The fourth-order valence-electron chi connectivity index (χ4n) is 3.70. The minimum absolute atomic E-state index is 0.0514. The highest BCUT2D eigenvalue weighted by atomic mass is 19.1. The lowest BCUT2D eigenvalue weighted by Gasteiger charge is -2.23. The van der Waals surface area contributed by atoms with E-state index in [2.05, 4.69) is 5.32 Å². The van der Waals surface area contributed by atoms with Crippen LogP contribution in [0.4, 0.5) is 10.1 Å². The van der Waals surface area contributed by atoms with E-state index in [1.54, 1.807) is 17.0 Å². The molecular weight excluding hydrogens is 319 g/mol. The Bertz CT molecular complexity index is 834. The zero-order valence-electron chi connectivity index (χ0n) is 13.9. The Morgan fingerprint density at radius 3 is 2.56 bits per heavy atom. The fourth-order valence-corrected chi connectivity index (χ4v) is 3.70. The summed E-state index contributed by atoms with van der Waals surface area (Å²) in [7, 11) is 0. The van der Waals surface area contributed by atoms with Crippen molar-refractivity contribution >= 4 is 17.5 Å². The smallest absolute Gasteiger partial charge is 0.243 e. The van der Waals surface area contributed by atoms with Crippen molar-refractivity contribution in [2.24, 2.45) is 0 Å². The van der Waals surface area contributed by atoms with Gasteiger partial charge in [-0.15, -0.1) is 0 Å². The Labute approximate surface area is 145 Å². The first-order valence-corrected chi connectivity index (χ1v) is 8.48. The Kier molecular flexibility index (Phi) is 3.79. The third kappa shape index (κ3) is 2.90. The average molecular weight is 338 g/mol. The lowest BCUT2D eigenvalue weighted by atomic mass is 10.1. The number of hydrogen-bond donors (Lipinski definition) is 1. The van der Waals surface area contributed by atoms with Crippen molar-refractivity contribution in [2.45, 2.75) is 37.8 Å². The molecule has 1 aliphatic heterocycles. The van der Waals surface area contributed by atoms with Gasteiger partial charge in [-0.3, -0.25) is 14.5 Å². The van der Waals surface area contributed by atoms with Crippen molar-refractivity contribution in [2.75, 3.05) is 4.90 Å². The third-order valence-corrected chi connectivity index (χ3v) is 5.03. The monoisotopic (exact) mass is 338 g/mol. The van der Waals surface area contributed by atoms with Crippen LogP contribution >= 0.6 is 0 Å². The molecule has 5 heteroatoms. The van der Waals surface area contributed by atoms with Crippen molar-refractivity contribution in [1.82, 2.24) is 5.32 Å². The largest absolute Gasteiger partial charge is 0.351 e. The molecule has 0 radical (unpaired) electrons. The number of nitrogens with one attached hydrogen (secondary N) is 1. The van der Waals surface area contributed by atoms with Crippen molar-refractivity contribution in [3.05, 3.63) is 65.5 Å².